The van der Waals surface area contributed by atoms with E-state index in [9.17, 15) is 10.2 Å². The third kappa shape index (κ3) is 15.6. The molecule has 0 saturated heterocycles. The maximum Gasteiger partial charge on any atom is 0.503 e. The van der Waals surface area contributed by atoms with Crippen LogP contribution in [0.25, 0.3) is 0 Å². The topological polar surface area (TPSA) is 137 Å². The van der Waals surface area contributed by atoms with E-state index in [0.29, 0.717) is 11.5 Å². The van der Waals surface area contributed by atoms with Gasteiger partial charge in [-0.3, -0.25) is 9.98 Å². The summed E-state index contributed by atoms with van der Waals surface area (Å²) in [6.45, 7) is 28.0. The molecule has 2 aromatic heterocycles. The first-order valence-electron chi connectivity index (χ1n) is 23.0. The molecule has 368 valence electrons. The van der Waals surface area contributed by atoms with Crippen LogP contribution in [-0.4, -0.2) is 79.3 Å². The molecule has 5 rings (SSSR count). The van der Waals surface area contributed by atoms with E-state index in [0.717, 1.165) is 61.0 Å². The molecule has 0 spiro atoms. The molecule has 2 heterocycles. The number of phenolic OH excluding ortho intramolecular Hbond substituents is 2. The standard InChI is InChI=1S/C53H76N6O2.CH2O3.CH3.Cr/c1-49(2,3)39-31-37(45(60)43(33-39)51(7,8)9)35-54-47-48(55-36-38-32-40(50(4,5)6)34-44(46(38)61)52(10,11)12)53(47,23-17-25-58-27-19-41(20-28-58)56(13)14)24-18-26-59-29-21-42(22-30-59)57(15)16;2-1(3)4;;/h19-22,27-36,47-48H,17-18,23-26H2,1-16H3;(H2,2,3,4);1H3;/q;;-1;/p+2. The maximum atomic E-state index is 11.8. The molecule has 67 heavy (non-hydrogen) atoms. The van der Waals surface area contributed by atoms with Crippen LogP contribution in [-0.2, 0) is 52.1 Å². The number of carbonyl (C=O) groups is 1. The number of nitrogens with zero attached hydrogens (tertiary/aromatic N) is 6. The Morgan fingerprint density at radius 3 is 1.15 bits per heavy atom. The summed E-state index contributed by atoms with van der Waals surface area (Å²) in [5.41, 5.74) is 7.14. The first-order valence-corrected chi connectivity index (χ1v) is 23.0. The molecular weight excluding hydrogens is 877 g/mol. The van der Waals surface area contributed by atoms with Gasteiger partial charge in [0.15, 0.2) is 24.8 Å². The number of phenols is 2. The number of aliphatic imine (C=N–C) groups is 2. The van der Waals surface area contributed by atoms with Gasteiger partial charge in [0.25, 0.3) is 0 Å². The van der Waals surface area contributed by atoms with Gasteiger partial charge in [0.1, 0.15) is 24.6 Å². The Labute approximate surface area is 414 Å². The van der Waals surface area contributed by atoms with Crippen molar-refractivity contribution in [3.8, 4) is 11.5 Å². The zero-order valence-corrected chi connectivity index (χ0v) is 45.0. The van der Waals surface area contributed by atoms with Gasteiger partial charge in [0, 0.05) is 134 Å². The number of rotatable bonds is 14. The molecule has 0 bridgehead atoms. The molecule has 4 N–H and O–H groups in total. The quantitative estimate of drug-likeness (QED) is 0.0561. The van der Waals surface area contributed by atoms with Crippen LogP contribution in [0.5, 0.6) is 11.5 Å². The Kier molecular flexibility index (Phi) is 19.9. The minimum absolute atomic E-state index is 0. The van der Waals surface area contributed by atoms with Gasteiger partial charge in [-0.05, 0) is 57.8 Å². The fraction of sp³-hybridized carbons (Fsp3) is 0.527. The van der Waals surface area contributed by atoms with Crippen molar-refractivity contribution in [2.45, 2.75) is 156 Å². The van der Waals surface area contributed by atoms with E-state index in [4.69, 9.17) is 25.0 Å². The third-order valence-electron chi connectivity index (χ3n) is 12.6. The number of pyridine rings is 2. The number of hydrogen-bond acceptors (Lipinski definition) is 7. The molecule has 1 aliphatic carbocycles. The molecule has 2 aromatic carbocycles. The largest absolute Gasteiger partial charge is 0.507 e. The van der Waals surface area contributed by atoms with Crippen LogP contribution in [0.1, 0.15) is 142 Å². The Bertz CT molecular complexity index is 2130. The van der Waals surface area contributed by atoms with Crippen LogP contribution in [0.3, 0.4) is 0 Å². The summed E-state index contributed by atoms with van der Waals surface area (Å²) in [5, 5.41) is 37.5. The minimum atomic E-state index is -1.83. The Hall–Kier alpha value is -4.92. The number of benzene rings is 2. The van der Waals surface area contributed by atoms with Gasteiger partial charge in [-0.2, -0.15) is 0 Å². The van der Waals surface area contributed by atoms with E-state index < -0.39 is 6.16 Å². The van der Waals surface area contributed by atoms with Crippen LogP contribution < -0.4 is 18.9 Å². The molecule has 12 heteroatoms. The first-order chi connectivity index (χ1) is 30.0. The molecule has 4 aromatic rings. The van der Waals surface area contributed by atoms with E-state index in [2.05, 4.69) is 204 Å². The number of aryl methyl sites for hydroxylation is 2. The van der Waals surface area contributed by atoms with Gasteiger partial charge < -0.3 is 37.7 Å². The Morgan fingerprint density at radius 2 is 0.896 bits per heavy atom. The maximum absolute atomic E-state index is 11.8. The van der Waals surface area contributed by atoms with Crippen LogP contribution >= 0.6 is 0 Å². The van der Waals surface area contributed by atoms with E-state index in [1.807, 2.05) is 12.4 Å². The summed E-state index contributed by atoms with van der Waals surface area (Å²) in [5.74, 6) is 0.591. The number of hydrogen-bond donors (Lipinski definition) is 4. The molecular formula is C55H83CrN6O5+. The summed E-state index contributed by atoms with van der Waals surface area (Å²) < 4.78 is 4.55. The number of carboxylic acid groups (broad SMARTS) is 2. The molecule has 0 amide bonds. The molecule has 11 nitrogen and oxygen atoms in total. The number of anilines is 2. The van der Waals surface area contributed by atoms with E-state index in [1.54, 1.807) is 0 Å². The van der Waals surface area contributed by atoms with Crippen molar-refractivity contribution in [1.29, 1.82) is 0 Å². The van der Waals surface area contributed by atoms with Crippen LogP contribution in [0.2, 0.25) is 0 Å². The summed E-state index contributed by atoms with van der Waals surface area (Å²) in [6, 6.07) is 17.0. The predicted molar refractivity (Wildman–Crippen MR) is 274 cm³/mol. The van der Waals surface area contributed by atoms with E-state index >= 15 is 0 Å². The van der Waals surface area contributed by atoms with Crippen LogP contribution in [0.4, 0.5) is 16.2 Å². The summed E-state index contributed by atoms with van der Waals surface area (Å²) >= 11 is 0. The van der Waals surface area contributed by atoms with Crippen molar-refractivity contribution in [2.75, 3.05) is 38.0 Å². The smallest absolute Gasteiger partial charge is 0.503 e. The van der Waals surface area contributed by atoms with E-state index in [1.165, 1.54) is 22.5 Å². The van der Waals surface area contributed by atoms with Gasteiger partial charge in [-0.15, -0.1) is 0 Å². The second kappa shape index (κ2) is 22.9. The average molecular weight is 960 g/mol. The Morgan fingerprint density at radius 1 is 0.597 bits per heavy atom. The average Bonchev–Trinajstić information content (AvgIpc) is 3.78. The van der Waals surface area contributed by atoms with Gasteiger partial charge in [-0.25, -0.2) is 13.9 Å². The summed E-state index contributed by atoms with van der Waals surface area (Å²) in [4.78, 5) is 23.7. The third-order valence-corrected chi connectivity index (χ3v) is 12.6. The van der Waals surface area contributed by atoms with Gasteiger partial charge in [0.05, 0.1) is 12.1 Å². The molecule has 2 unspecified atom stereocenters. The second-order valence-corrected chi connectivity index (χ2v) is 22.5. The normalized spacial score (nSPS) is 15.9. The molecule has 1 fully saturated rings. The van der Waals surface area contributed by atoms with Crippen LogP contribution in [0, 0.1) is 12.8 Å². The molecule has 1 saturated carbocycles. The minimum Gasteiger partial charge on any atom is -0.507 e. The second-order valence-electron chi connectivity index (χ2n) is 22.5. The Balaban J connectivity index is 0.00000247. The van der Waals surface area contributed by atoms with Crippen molar-refractivity contribution in [3.05, 3.63) is 114 Å². The van der Waals surface area contributed by atoms with Crippen molar-refractivity contribution in [1.82, 2.24) is 0 Å². The number of aromatic nitrogens is 2. The zero-order chi connectivity index (χ0) is 48.9. The van der Waals surface area contributed by atoms with Crippen LogP contribution in [0.15, 0.2) is 83.3 Å². The van der Waals surface area contributed by atoms with E-state index in [-0.39, 0.29) is 63.9 Å². The number of aromatic hydroxyl groups is 2. The fourth-order valence-corrected chi connectivity index (χ4v) is 8.44. The van der Waals surface area contributed by atoms with Gasteiger partial charge in [0.2, 0.25) is 0 Å². The first kappa shape index (κ1) is 58.2. The van der Waals surface area contributed by atoms with Crippen molar-refractivity contribution in [3.63, 3.8) is 0 Å². The monoisotopic (exact) mass is 960 g/mol. The molecule has 2 atom stereocenters. The fourth-order valence-electron chi connectivity index (χ4n) is 8.44. The summed E-state index contributed by atoms with van der Waals surface area (Å²) in [7, 11) is 8.27. The molecule has 1 aliphatic rings. The van der Waals surface area contributed by atoms with Gasteiger partial charge in [-0.1, -0.05) is 95.2 Å². The van der Waals surface area contributed by atoms with Crippen molar-refractivity contribution >= 4 is 30.0 Å². The van der Waals surface area contributed by atoms with Gasteiger partial charge >= 0.3 is 6.16 Å². The predicted octanol–water partition coefficient (Wildman–Crippen LogP) is 10.9. The molecule has 0 radical (unpaired) electrons. The SMILES string of the molecule is CN(C)c1cc[n+](CCCC2(CCC[n+]3ccc(N(C)C)cc3)C(N=Cc3cc(C(C)(C)C)cc(C(C)(C)C)c3O)C2N=Cc2cc(C(C)(C)C)cc(C(C)(C)C)c2O)cc1.O=C(O)O.[CH3-].[Cr]. The van der Waals surface area contributed by atoms with Crippen molar-refractivity contribution in [2.24, 2.45) is 15.4 Å². The summed E-state index contributed by atoms with van der Waals surface area (Å²) in [6.07, 6.45) is 14.5. The van der Waals surface area contributed by atoms with Crippen molar-refractivity contribution < 1.29 is 51.7 Å². The zero-order valence-electron chi connectivity index (χ0n) is 43.8. The molecule has 0 aliphatic heterocycles.